The van der Waals surface area contributed by atoms with E-state index in [1.807, 2.05) is 0 Å². The van der Waals surface area contributed by atoms with E-state index in [0.717, 1.165) is 0 Å². The van der Waals surface area contributed by atoms with Crippen molar-refractivity contribution >= 4 is 17.6 Å². The van der Waals surface area contributed by atoms with Crippen LogP contribution in [0.25, 0.3) is 0 Å². The largest absolute Gasteiger partial charge is 0.480 e. The van der Waals surface area contributed by atoms with Crippen LogP contribution in [0.2, 0.25) is 5.02 Å². The lowest BCUT2D eigenvalue weighted by Gasteiger charge is -2.12. The first-order chi connectivity index (χ1) is 7.43. The maximum Gasteiger partial charge on any atom is 0.320 e. The second-order valence-electron chi connectivity index (χ2n) is 3.26. The summed E-state index contributed by atoms with van der Waals surface area (Å²) in [5, 5.41) is 8.52. The van der Waals surface area contributed by atoms with Gasteiger partial charge in [-0.25, -0.2) is 8.78 Å². The lowest BCUT2D eigenvalue weighted by molar-refractivity contribution is -0.138. The summed E-state index contributed by atoms with van der Waals surface area (Å²) >= 11 is 5.62. The van der Waals surface area contributed by atoms with Gasteiger partial charge in [0.1, 0.15) is 6.04 Å². The highest BCUT2D eigenvalue weighted by Gasteiger charge is 2.20. The van der Waals surface area contributed by atoms with E-state index in [2.05, 4.69) is 0 Å². The molecule has 0 spiro atoms. The Morgan fingerprint density at radius 3 is 2.62 bits per heavy atom. The molecule has 0 heterocycles. The van der Waals surface area contributed by atoms with Gasteiger partial charge < -0.3 is 10.8 Å². The van der Waals surface area contributed by atoms with Gasteiger partial charge in [-0.05, 0) is 18.1 Å². The van der Waals surface area contributed by atoms with Gasteiger partial charge in [0.05, 0.1) is 0 Å². The molecule has 0 aliphatic heterocycles. The Bertz CT molecular complexity index is 398. The topological polar surface area (TPSA) is 63.3 Å². The molecular weight excluding hydrogens is 240 g/mol. The fraction of sp³-hybridized carbons (Fsp3) is 0.300. The van der Waals surface area contributed by atoms with Gasteiger partial charge >= 0.3 is 5.97 Å². The molecule has 0 amide bonds. The van der Waals surface area contributed by atoms with Gasteiger partial charge in [0.15, 0.2) is 0 Å². The molecule has 1 aromatic rings. The number of hydrogen-bond donors (Lipinski definition) is 2. The van der Waals surface area contributed by atoms with Crippen molar-refractivity contribution in [2.75, 3.05) is 0 Å². The number of hydrogen-bond acceptors (Lipinski definition) is 2. The molecule has 0 saturated carbocycles. The zero-order chi connectivity index (χ0) is 12.3. The molecule has 88 valence electrons. The van der Waals surface area contributed by atoms with Crippen LogP contribution in [0.4, 0.5) is 8.78 Å². The fourth-order valence-corrected chi connectivity index (χ4v) is 1.60. The summed E-state index contributed by atoms with van der Waals surface area (Å²) in [4.78, 5) is 10.5. The number of benzene rings is 1. The first-order valence-electron chi connectivity index (χ1n) is 4.47. The molecule has 0 aromatic heterocycles. The molecule has 1 unspecified atom stereocenters. The smallest absolute Gasteiger partial charge is 0.320 e. The molecule has 1 aromatic carbocycles. The molecule has 0 aliphatic carbocycles. The second kappa shape index (κ2) is 5.23. The Labute approximate surface area is 95.8 Å². The maximum absolute atomic E-state index is 12.7. The summed E-state index contributed by atoms with van der Waals surface area (Å²) in [7, 11) is 0. The van der Waals surface area contributed by atoms with E-state index in [4.69, 9.17) is 22.4 Å². The Kier molecular flexibility index (Phi) is 4.20. The molecule has 0 saturated heterocycles. The van der Waals surface area contributed by atoms with Crippen molar-refractivity contribution in [2.45, 2.75) is 18.9 Å². The number of nitrogens with two attached hydrogens (primary N) is 1. The third-order valence-corrected chi connectivity index (χ3v) is 2.45. The minimum Gasteiger partial charge on any atom is -0.480 e. The molecule has 3 nitrogen and oxygen atoms in total. The molecule has 0 radical (unpaired) electrons. The lowest BCUT2D eigenvalue weighted by atomic mass is 10.0. The summed E-state index contributed by atoms with van der Waals surface area (Å²) in [5.41, 5.74) is 5.10. The van der Waals surface area contributed by atoms with Crippen molar-refractivity contribution < 1.29 is 18.7 Å². The third-order valence-electron chi connectivity index (χ3n) is 2.12. The highest BCUT2D eigenvalue weighted by molar-refractivity contribution is 6.31. The summed E-state index contributed by atoms with van der Waals surface area (Å²) in [6, 6.07) is 3.00. The zero-order valence-corrected chi connectivity index (χ0v) is 8.92. The van der Waals surface area contributed by atoms with Gasteiger partial charge in [0, 0.05) is 10.6 Å². The first-order valence-corrected chi connectivity index (χ1v) is 4.85. The van der Waals surface area contributed by atoms with Crippen LogP contribution in [0.3, 0.4) is 0 Å². The molecule has 1 rings (SSSR count). The van der Waals surface area contributed by atoms with Crippen LogP contribution in [-0.2, 0) is 11.2 Å². The molecular formula is C10H10ClF2NO2. The summed E-state index contributed by atoms with van der Waals surface area (Å²) in [6.07, 6.45) is -2.92. The molecule has 3 N–H and O–H groups in total. The van der Waals surface area contributed by atoms with Crippen molar-refractivity contribution in [1.29, 1.82) is 0 Å². The average Bonchev–Trinajstić information content (AvgIpc) is 2.16. The minimum absolute atomic E-state index is 0.0786. The Balaban J connectivity index is 3.04. The number of aliphatic carboxylic acids is 1. The maximum atomic E-state index is 12.7. The second-order valence-corrected chi connectivity index (χ2v) is 3.67. The van der Waals surface area contributed by atoms with E-state index in [1.165, 1.54) is 18.2 Å². The Morgan fingerprint density at radius 2 is 2.12 bits per heavy atom. The summed E-state index contributed by atoms with van der Waals surface area (Å²) in [5.74, 6) is -1.24. The lowest BCUT2D eigenvalue weighted by Crippen LogP contribution is -2.32. The number of alkyl halides is 2. The molecule has 16 heavy (non-hydrogen) atoms. The van der Waals surface area contributed by atoms with Crippen LogP contribution in [0.1, 0.15) is 17.6 Å². The van der Waals surface area contributed by atoms with Crippen molar-refractivity contribution in [3.8, 4) is 0 Å². The van der Waals surface area contributed by atoms with Crippen LogP contribution < -0.4 is 5.73 Å². The van der Waals surface area contributed by atoms with Crippen LogP contribution in [0.15, 0.2) is 18.2 Å². The first kappa shape index (κ1) is 12.9. The van der Waals surface area contributed by atoms with Crippen LogP contribution in [-0.4, -0.2) is 17.1 Å². The van der Waals surface area contributed by atoms with E-state index in [9.17, 15) is 13.6 Å². The highest BCUT2D eigenvalue weighted by Crippen LogP contribution is 2.30. The number of carboxylic acid groups (broad SMARTS) is 1. The third kappa shape index (κ3) is 2.90. The molecule has 6 heteroatoms. The summed E-state index contributed by atoms with van der Waals surface area (Å²) in [6.45, 7) is 0. The number of carbonyl (C=O) groups is 1. The van der Waals surface area contributed by atoms with Crippen LogP contribution >= 0.6 is 11.6 Å². The number of carboxylic acids is 1. The monoisotopic (exact) mass is 249 g/mol. The molecule has 0 bridgehead atoms. The van der Waals surface area contributed by atoms with Gasteiger partial charge in [0.2, 0.25) is 0 Å². The van der Waals surface area contributed by atoms with Crippen molar-refractivity contribution in [3.63, 3.8) is 0 Å². The van der Waals surface area contributed by atoms with Gasteiger partial charge in [-0.3, -0.25) is 4.79 Å². The number of rotatable bonds is 4. The van der Waals surface area contributed by atoms with Gasteiger partial charge in [0.25, 0.3) is 6.43 Å². The SMILES string of the molecule is NC(Cc1cccc(Cl)c1C(F)F)C(=O)O. The van der Waals surface area contributed by atoms with Gasteiger partial charge in [-0.1, -0.05) is 23.7 Å². The predicted molar refractivity (Wildman–Crippen MR) is 55.7 cm³/mol. The van der Waals surface area contributed by atoms with E-state index in [0.29, 0.717) is 0 Å². The molecule has 0 fully saturated rings. The fourth-order valence-electron chi connectivity index (χ4n) is 1.33. The van der Waals surface area contributed by atoms with Crippen molar-refractivity contribution in [2.24, 2.45) is 5.73 Å². The summed E-state index contributed by atoms with van der Waals surface area (Å²) < 4.78 is 25.3. The molecule has 0 aliphatic rings. The Hall–Kier alpha value is -1.20. The normalized spacial score (nSPS) is 12.8. The van der Waals surface area contributed by atoms with E-state index < -0.39 is 18.4 Å². The van der Waals surface area contributed by atoms with Crippen LogP contribution in [0, 0.1) is 0 Å². The zero-order valence-electron chi connectivity index (χ0n) is 8.16. The van der Waals surface area contributed by atoms with Gasteiger partial charge in [-0.2, -0.15) is 0 Å². The Morgan fingerprint density at radius 1 is 1.50 bits per heavy atom. The number of halogens is 3. The predicted octanol–water partition coefficient (Wildman–Crippen LogP) is 2.23. The van der Waals surface area contributed by atoms with Crippen LogP contribution in [0.5, 0.6) is 0 Å². The standard InChI is InChI=1S/C10H10ClF2NO2/c11-6-3-1-2-5(8(6)9(12)13)4-7(14)10(15)16/h1-3,7,9H,4,14H2,(H,15,16). The molecule has 1 atom stereocenters. The highest BCUT2D eigenvalue weighted by atomic mass is 35.5. The van der Waals surface area contributed by atoms with E-state index in [1.54, 1.807) is 0 Å². The minimum atomic E-state index is -2.75. The quantitative estimate of drug-likeness (QED) is 0.860. The average molecular weight is 250 g/mol. The van der Waals surface area contributed by atoms with Crippen molar-refractivity contribution in [3.05, 3.63) is 34.3 Å². The van der Waals surface area contributed by atoms with E-state index >= 15 is 0 Å². The van der Waals surface area contributed by atoms with E-state index in [-0.39, 0.29) is 22.6 Å². The van der Waals surface area contributed by atoms with Crippen molar-refractivity contribution in [1.82, 2.24) is 0 Å². The van der Waals surface area contributed by atoms with Gasteiger partial charge in [-0.15, -0.1) is 0 Å².